The summed E-state index contributed by atoms with van der Waals surface area (Å²) in [6.07, 6.45) is -5.14. The Morgan fingerprint density at radius 1 is 1.33 bits per heavy atom. The summed E-state index contributed by atoms with van der Waals surface area (Å²) in [5.41, 5.74) is -1.07. The number of nitrogens with one attached hydrogen (secondary N) is 1. The molecule has 0 aromatic heterocycles. The van der Waals surface area contributed by atoms with E-state index >= 15 is 0 Å². The summed E-state index contributed by atoms with van der Waals surface area (Å²) in [5.74, 6) is 0. The van der Waals surface area contributed by atoms with Gasteiger partial charge in [-0.25, -0.2) is 4.79 Å². The minimum Gasteiger partial charge on any atom is -0.449 e. The van der Waals surface area contributed by atoms with Gasteiger partial charge in [-0.3, -0.25) is 0 Å². The van der Waals surface area contributed by atoms with Crippen molar-refractivity contribution in [1.82, 2.24) is 5.32 Å². The zero-order valence-electron chi connectivity index (χ0n) is 11.3. The monoisotopic (exact) mass is 343 g/mol. The third kappa shape index (κ3) is 3.95. The lowest BCUT2D eigenvalue weighted by Crippen LogP contribution is -2.47. The van der Waals surface area contributed by atoms with Crippen molar-refractivity contribution in [2.24, 2.45) is 5.41 Å². The summed E-state index contributed by atoms with van der Waals surface area (Å²) in [7, 11) is 0. The Hall–Kier alpha value is -1.14. The van der Waals surface area contributed by atoms with Gasteiger partial charge in [-0.15, -0.1) is 12.4 Å². The van der Waals surface area contributed by atoms with E-state index in [4.69, 9.17) is 16.3 Å². The maximum atomic E-state index is 12.8. The van der Waals surface area contributed by atoms with Gasteiger partial charge in [-0.05, 0) is 23.8 Å². The lowest BCUT2D eigenvalue weighted by Gasteiger charge is -2.38. The number of hydrogen-bond donors (Lipinski definition) is 1. The fourth-order valence-corrected chi connectivity index (χ4v) is 2.41. The van der Waals surface area contributed by atoms with E-state index in [0.29, 0.717) is 5.56 Å². The summed E-state index contributed by atoms with van der Waals surface area (Å²) in [4.78, 5) is 11.3. The van der Waals surface area contributed by atoms with Crippen molar-refractivity contribution in [3.63, 3.8) is 0 Å². The van der Waals surface area contributed by atoms with Gasteiger partial charge in [0.2, 0.25) is 0 Å². The molecule has 1 N–H and O–H groups in total. The van der Waals surface area contributed by atoms with E-state index in [1.54, 1.807) is 13.8 Å². The van der Waals surface area contributed by atoms with Crippen LogP contribution in [0.15, 0.2) is 18.2 Å². The summed E-state index contributed by atoms with van der Waals surface area (Å²) >= 11 is 5.76. The van der Waals surface area contributed by atoms with E-state index in [1.165, 1.54) is 6.07 Å². The molecule has 1 amide bonds. The molecule has 0 radical (unpaired) electrons. The first-order valence-electron chi connectivity index (χ1n) is 5.90. The number of carbonyl (C=O) groups excluding carboxylic acids is 1. The van der Waals surface area contributed by atoms with Gasteiger partial charge in [0.15, 0.2) is 0 Å². The van der Waals surface area contributed by atoms with Crippen molar-refractivity contribution in [2.75, 3.05) is 6.61 Å². The Morgan fingerprint density at radius 2 is 1.95 bits per heavy atom. The summed E-state index contributed by atoms with van der Waals surface area (Å²) in [5, 5.41) is 2.52. The first-order valence-corrected chi connectivity index (χ1v) is 6.28. The average molecular weight is 344 g/mol. The van der Waals surface area contributed by atoms with Gasteiger partial charge in [0.05, 0.1) is 11.6 Å². The zero-order valence-corrected chi connectivity index (χ0v) is 12.8. The number of ether oxygens (including phenoxy) is 1. The van der Waals surface area contributed by atoms with Crippen molar-refractivity contribution in [1.29, 1.82) is 0 Å². The molecular formula is C13H14Cl2F3NO2. The lowest BCUT2D eigenvalue weighted by molar-refractivity contribution is -0.137. The second-order valence-electron chi connectivity index (χ2n) is 5.41. The van der Waals surface area contributed by atoms with Gasteiger partial charge in [0, 0.05) is 10.4 Å². The van der Waals surface area contributed by atoms with Crippen molar-refractivity contribution in [3.05, 3.63) is 34.3 Å². The largest absolute Gasteiger partial charge is 0.449 e. The third-order valence-corrected chi connectivity index (χ3v) is 3.42. The van der Waals surface area contributed by atoms with Crippen molar-refractivity contribution in [3.8, 4) is 0 Å². The van der Waals surface area contributed by atoms with Crippen LogP contribution in [0.3, 0.4) is 0 Å². The molecule has 0 bridgehead atoms. The van der Waals surface area contributed by atoms with Crippen LogP contribution in [0.25, 0.3) is 0 Å². The fourth-order valence-electron chi connectivity index (χ4n) is 2.17. The molecule has 2 rings (SSSR count). The predicted octanol–water partition coefficient (Wildman–Crippen LogP) is 4.59. The molecule has 3 nitrogen and oxygen atoms in total. The lowest BCUT2D eigenvalue weighted by atomic mass is 9.80. The second-order valence-corrected chi connectivity index (χ2v) is 5.85. The van der Waals surface area contributed by atoms with Crippen molar-refractivity contribution >= 4 is 30.1 Å². The molecule has 0 aliphatic carbocycles. The second kappa shape index (κ2) is 5.93. The molecule has 0 unspecified atom stereocenters. The molecule has 1 heterocycles. The van der Waals surface area contributed by atoms with Crippen LogP contribution in [0.4, 0.5) is 18.0 Å². The van der Waals surface area contributed by atoms with E-state index in [0.717, 1.165) is 12.1 Å². The van der Waals surface area contributed by atoms with Crippen LogP contribution in [0, 0.1) is 5.41 Å². The number of amides is 1. The van der Waals surface area contributed by atoms with Gasteiger partial charge < -0.3 is 10.1 Å². The molecule has 1 aromatic rings. The molecule has 1 aliphatic heterocycles. The van der Waals surface area contributed by atoms with Crippen LogP contribution in [0.5, 0.6) is 0 Å². The summed E-state index contributed by atoms with van der Waals surface area (Å²) in [6, 6.07) is 2.70. The Labute approximate surface area is 131 Å². The van der Waals surface area contributed by atoms with Gasteiger partial charge in [-0.2, -0.15) is 13.2 Å². The maximum absolute atomic E-state index is 12.8. The molecule has 1 atom stereocenters. The number of rotatable bonds is 1. The number of cyclic esters (lactones) is 1. The van der Waals surface area contributed by atoms with E-state index in [9.17, 15) is 18.0 Å². The number of alkyl carbamates (subject to hydrolysis) is 1. The molecule has 118 valence electrons. The van der Waals surface area contributed by atoms with Crippen LogP contribution in [-0.2, 0) is 10.9 Å². The Morgan fingerprint density at radius 3 is 2.52 bits per heavy atom. The molecule has 21 heavy (non-hydrogen) atoms. The van der Waals surface area contributed by atoms with E-state index in [1.807, 2.05) is 0 Å². The quantitative estimate of drug-likeness (QED) is 0.809. The van der Waals surface area contributed by atoms with Crippen LogP contribution in [0.2, 0.25) is 5.02 Å². The first kappa shape index (κ1) is 17.9. The van der Waals surface area contributed by atoms with E-state index in [-0.39, 0.29) is 24.0 Å². The Bertz CT molecular complexity index is 547. The normalized spacial score (nSPS) is 21.0. The molecule has 1 fully saturated rings. The molecule has 1 aliphatic rings. The number of halogens is 5. The maximum Gasteiger partial charge on any atom is 0.416 e. The van der Waals surface area contributed by atoms with Gasteiger partial charge in [0.1, 0.15) is 6.61 Å². The Kier molecular flexibility index (Phi) is 5.05. The van der Waals surface area contributed by atoms with E-state index < -0.39 is 29.3 Å². The van der Waals surface area contributed by atoms with Gasteiger partial charge in [-0.1, -0.05) is 25.4 Å². The fraction of sp³-hybridized carbons (Fsp3) is 0.462. The highest BCUT2D eigenvalue weighted by Crippen LogP contribution is 2.40. The average Bonchev–Trinajstić information content (AvgIpc) is 2.30. The van der Waals surface area contributed by atoms with Crippen LogP contribution in [0.1, 0.15) is 31.0 Å². The topological polar surface area (TPSA) is 38.3 Å². The number of hydrogen-bond acceptors (Lipinski definition) is 2. The predicted molar refractivity (Wildman–Crippen MR) is 74.7 cm³/mol. The van der Waals surface area contributed by atoms with Gasteiger partial charge >= 0.3 is 12.3 Å². The Balaban J connectivity index is 0.00000220. The first-order chi connectivity index (χ1) is 9.09. The van der Waals surface area contributed by atoms with E-state index in [2.05, 4.69) is 5.32 Å². The highest BCUT2D eigenvalue weighted by atomic mass is 35.5. The third-order valence-electron chi connectivity index (χ3n) is 3.20. The van der Waals surface area contributed by atoms with Crippen LogP contribution >= 0.6 is 24.0 Å². The van der Waals surface area contributed by atoms with Crippen molar-refractivity contribution in [2.45, 2.75) is 26.1 Å². The SMILES string of the molecule is CC1(C)COC(=O)N[C@@H]1c1cc(Cl)cc(C(F)(F)F)c1.Cl. The number of benzene rings is 1. The number of carbonyl (C=O) groups is 1. The highest BCUT2D eigenvalue weighted by Gasteiger charge is 2.39. The minimum absolute atomic E-state index is 0. The summed E-state index contributed by atoms with van der Waals surface area (Å²) < 4.78 is 43.3. The van der Waals surface area contributed by atoms with Crippen LogP contribution in [-0.4, -0.2) is 12.7 Å². The van der Waals surface area contributed by atoms with Crippen molar-refractivity contribution < 1.29 is 22.7 Å². The smallest absolute Gasteiger partial charge is 0.416 e. The highest BCUT2D eigenvalue weighted by molar-refractivity contribution is 6.30. The molecule has 0 saturated carbocycles. The zero-order chi connectivity index (χ0) is 15.1. The van der Waals surface area contributed by atoms with Gasteiger partial charge in [0.25, 0.3) is 0 Å². The standard InChI is InChI=1S/C13H13ClF3NO2.ClH/c1-12(2)6-20-11(19)18-10(12)7-3-8(13(15,16)17)5-9(14)4-7;/h3-5,10H,6H2,1-2H3,(H,18,19);1H/t10-;/m1./s1. The molecular weight excluding hydrogens is 330 g/mol. The molecule has 1 saturated heterocycles. The summed E-state index contributed by atoms with van der Waals surface area (Å²) in [6.45, 7) is 3.72. The molecule has 8 heteroatoms. The van der Waals surface area contributed by atoms with Crippen LogP contribution < -0.4 is 5.32 Å². The molecule has 1 aromatic carbocycles. The minimum atomic E-state index is -4.49. The molecule has 0 spiro atoms. The number of alkyl halides is 3.